The van der Waals surface area contributed by atoms with Gasteiger partial charge in [-0.25, -0.2) is 4.79 Å². The maximum Gasteiger partial charge on any atom is 0.340 e. The molecule has 0 saturated carbocycles. The summed E-state index contributed by atoms with van der Waals surface area (Å²) in [5.41, 5.74) is 2.38. The Morgan fingerprint density at radius 1 is 0.966 bits per heavy atom. The summed E-state index contributed by atoms with van der Waals surface area (Å²) >= 11 is 0. The van der Waals surface area contributed by atoms with Crippen LogP contribution in [0.2, 0.25) is 0 Å². The standard InChI is InChI=1S/C24H20O5/c1-14-22(16(3)25)15(2)24(26)29-23(14)21-12-18-19(10-7-11-20(18)28-21)27-13-17-8-5-4-6-9-17/h4-12H,13H2,1-3H3. The molecule has 0 saturated heterocycles. The van der Waals surface area contributed by atoms with Crippen molar-refractivity contribution < 1.29 is 18.4 Å². The van der Waals surface area contributed by atoms with E-state index in [0.29, 0.717) is 40.4 Å². The fraction of sp³-hybridized carbons (Fsp3) is 0.167. The zero-order chi connectivity index (χ0) is 20.5. The number of fused-ring (bicyclic) bond motifs is 1. The van der Waals surface area contributed by atoms with Gasteiger partial charge in [-0.05, 0) is 44.5 Å². The minimum absolute atomic E-state index is 0.183. The third kappa shape index (κ3) is 3.47. The second kappa shape index (κ2) is 7.43. The van der Waals surface area contributed by atoms with Crippen LogP contribution in [-0.4, -0.2) is 5.78 Å². The molecule has 4 rings (SSSR count). The van der Waals surface area contributed by atoms with Crippen LogP contribution >= 0.6 is 0 Å². The molecule has 0 atom stereocenters. The molecule has 0 bridgehead atoms. The minimum Gasteiger partial charge on any atom is -0.488 e. The van der Waals surface area contributed by atoms with Gasteiger partial charge in [-0.2, -0.15) is 0 Å². The second-order valence-corrected chi connectivity index (χ2v) is 6.95. The average molecular weight is 388 g/mol. The second-order valence-electron chi connectivity index (χ2n) is 6.95. The van der Waals surface area contributed by atoms with Gasteiger partial charge in [0, 0.05) is 16.7 Å². The molecule has 0 aliphatic carbocycles. The Morgan fingerprint density at radius 2 is 1.72 bits per heavy atom. The van der Waals surface area contributed by atoms with Gasteiger partial charge in [0.1, 0.15) is 17.9 Å². The molecule has 5 nitrogen and oxygen atoms in total. The SMILES string of the molecule is CC(=O)c1c(C)c(-c2cc3c(OCc4ccccc4)cccc3o2)oc(=O)c1C. The number of carbonyl (C=O) groups is 1. The summed E-state index contributed by atoms with van der Waals surface area (Å²) in [7, 11) is 0. The Labute approximate surface area is 167 Å². The van der Waals surface area contributed by atoms with Crippen LogP contribution in [0.15, 0.2) is 68.2 Å². The van der Waals surface area contributed by atoms with Crippen molar-refractivity contribution in [1.29, 1.82) is 0 Å². The predicted octanol–water partition coefficient (Wildman–Crippen LogP) is 5.45. The molecule has 0 N–H and O–H groups in total. The van der Waals surface area contributed by atoms with Gasteiger partial charge in [0.05, 0.1) is 5.39 Å². The number of furan rings is 1. The summed E-state index contributed by atoms with van der Waals surface area (Å²) in [6.45, 7) is 5.20. The Balaban J connectivity index is 1.77. The molecule has 2 heterocycles. The highest BCUT2D eigenvalue weighted by molar-refractivity contribution is 5.98. The van der Waals surface area contributed by atoms with Crippen molar-refractivity contribution in [2.75, 3.05) is 0 Å². The van der Waals surface area contributed by atoms with Crippen LogP contribution in [-0.2, 0) is 6.61 Å². The van der Waals surface area contributed by atoms with Crippen LogP contribution in [0.3, 0.4) is 0 Å². The number of ether oxygens (including phenoxy) is 1. The van der Waals surface area contributed by atoms with Gasteiger partial charge in [0.25, 0.3) is 0 Å². The Bertz CT molecular complexity index is 1260. The lowest BCUT2D eigenvalue weighted by Gasteiger charge is -2.08. The summed E-state index contributed by atoms with van der Waals surface area (Å²) in [5.74, 6) is 1.13. The van der Waals surface area contributed by atoms with Gasteiger partial charge < -0.3 is 13.6 Å². The Hall–Kier alpha value is -3.60. The van der Waals surface area contributed by atoms with Crippen molar-refractivity contribution in [2.24, 2.45) is 0 Å². The lowest BCUT2D eigenvalue weighted by atomic mass is 10.00. The molecule has 0 aliphatic rings. The number of ketones is 1. The van der Waals surface area contributed by atoms with Gasteiger partial charge in [0.2, 0.25) is 0 Å². The third-order valence-corrected chi connectivity index (χ3v) is 4.93. The van der Waals surface area contributed by atoms with E-state index < -0.39 is 5.63 Å². The molecule has 2 aromatic carbocycles. The molecule has 0 unspecified atom stereocenters. The lowest BCUT2D eigenvalue weighted by Crippen LogP contribution is -2.13. The van der Waals surface area contributed by atoms with Crippen LogP contribution in [0, 0.1) is 13.8 Å². The number of carbonyl (C=O) groups excluding carboxylic acids is 1. The van der Waals surface area contributed by atoms with Crippen LogP contribution in [0.25, 0.3) is 22.5 Å². The van der Waals surface area contributed by atoms with Crippen LogP contribution in [0.4, 0.5) is 0 Å². The van der Waals surface area contributed by atoms with E-state index in [1.165, 1.54) is 6.92 Å². The van der Waals surface area contributed by atoms with Gasteiger partial charge >= 0.3 is 5.63 Å². The lowest BCUT2D eigenvalue weighted by molar-refractivity contribution is 0.101. The summed E-state index contributed by atoms with van der Waals surface area (Å²) in [5, 5.41) is 0.769. The number of hydrogen-bond acceptors (Lipinski definition) is 5. The van der Waals surface area contributed by atoms with E-state index in [4.69, 9.17) is 13.6 Å². The molecule has 146 valence electrons. The molecule has 0 radical (unpaired) electrons. The maximum absolute atomic E-state index is 12.2. The van der Waals surface area contributed by atoms with Crippen LogP contribution in [0.1, 0.15) is 34.0 Å². The van der Waals surface area contributed by atoms with Crippen LogP contribution in [0.5, 0.6) is 5.75 Å². The van der Waals surface area contributed by atoms with E-state index in [2.05, 4.69) is 0 Å². The topological polar surface area (TPSA) is 69.7 Å². The molecular weight excluding hydrogens is 368 g/mol. The highest BCUT2D eigenvalue weighted by atomic mass is 16.5. The number of benzene rings is 2. The largest absolute Gasteiger partial charge is 0.488 e. The van der Waals surface area contributed by atoms with Gasteiger partial charge in [0.15, 0.2) is 17.3 Å². The molecular formula is C24H20O5. The molecule has 0 amide bonds. The van der Waals surface area contributed by atoms with Crippen molar-refractivity contribution in [3.8, 4) is 17.3 Å². The van der Waals surface area contributed by atoms with Gasteiger partial charge in [-0.15, -0.1) is 0 Å². The summed E-state index contributed by atoms with van der Waals surface area (Å²) < 4.78 is 17.4. The van der Waals surface area contributed by atoms with Crippen molar-refractivity contribution >= 4 is 16.8 Å². The smallest absolute Gasteiger partial charge is 0.340 e. The molecule has 4 aromatic rings. The van der Waals surface area contributed by atoms with Gasteiger partial charge in [-0.1, -0.05) is 36.4 Å². The summed E-state index contributed by atoms with van der Waals surface area (Å²) in [6, 6.07) is 17.2. The third-order valence-electron chi connectivity index (χ3n) is 4.93. The Kier molecular flexibility index (Phi) is 4.80. The molecule has 29 heavy (non-hydrogen) atoms. The van der Waals surface area contributed by atoms with E-state index >= 15 is 0 Å². The summed E-state index contributed by atoms with van der Waals surface area (Å²) in [6.07, 6.45) is 0. The average Bonchev–Trinajstić information content (AvgIpc) is 3.14. The van der Waals surface area contributed by atoms with Crippen molar-refractivity contribution in [3.63, 3.8) is 0 Å². The van der Waals surface area contributed by atoms with E-state index in [0.717, 1.165) is 10.9 Å². The van der Waals surface area contributed by atoms with Crippen molar-refractivity contribution in [2.45, 2.75) is 27.4 Å². The Morgan fingerprint density at radius 3 is 2.45 bits per heavy atom. The zero-order valence-electron chi connectivity index (χ0n) is 16.4. The fourth-order valence-electron chi connectivity index (χ4n) is 3.51. The first-order valence-corrected chi connectivity index (χ1v) is 9.30. The maximum atomic E-state index is 12.2. The van der Waals surface area contributed by atoms with E-state index in [-0.39, 0.29) is 11.5 Å². The predicted molar refractivity (Wildman–Crippen MR) is 110 cm³/mol. The van der Waals surface area contributed by atoms with Crippen molar-refractivity contribution in [1.82, 2.24) is 0 Å². The van der Waals surface area contributed by atoms with Gasteiger partial charge in [-0.3, -0.25) is 4.79 Å². The summed E-state index contributed by atoms with van der Waals surface area (Å²) in [4.78, 5) is 24.3. The fourth-order valence-corrected chi connectivity index (χ4v) is 3.51. The molecule has 0 fully saturated rings. The van der Waals surface area contributed by atoms with Crippen molar-refractivity contribution in [3.05, 3.63) is 87.3 Å². The highest BCUT2D eigenvalue weighted by Gasteiger charge is 2.21. The number of hydrogen-bond donors (Lipinski definition) is 0. The van der Waals surface area contributed by atoms with E-state index in [1.807, 2.05) is 48.5 Å². The minimum atomic E-state index is -0.545. The number of Topliss-reactive ketones (excluding diaryl/α,β-unsaturated/α-hetero) is 1. The first-order valence-electron chi connectivity index (χ1n) is 9.30. The highest BCUT2D eigenvalue weighted by Crippen LogP contribution is 2.35. The quantitative estimate of drug-likeness (QED) is 0.425. The van der Waals surface area contributed by atoms with E-state index in [9.17, 15) is 9.59 Å². The zero-order valence-corrected chi connectivity index (χ0v) is 16.4. The normalized spacial score (nSPS) is 11.0. The monoisotopic (exact) mass is 388 g/mol. The molecule has 0 aliphatic heterocycles. The molecule has 5 heteroatoms. The van der Waals surface area contributed by atoms with E-state index in [1.54, 1.807) is 19.9 Å². The number of rotatable bonds is 5. The molecule has 2 aromatic heterocycles. The first-order chi connectivity index (χ1) is 14.0. The van der Waals surface area contributed by atoms with Crippen LogP contribution < -0.4 is 10.4 Å². The molecule has 0 spiro atoms. The first kappa shape index (κ1) is 18.7.